The van der Waals surface area contributed by atoms with E-state index in [2.05, 4.69) is 69.4 Å². The summed E-state index contributed by atoms with van der Waals surface area (Å²) in [5.41, 5.74) is 5.94. The molecular weight excluding hydrogens is 454 g/mol. The Labute approximate surface area is 188 Å². The van der Waals surface area contributed by atoms with E-state index in [0.717, 1.165) is 6.42 Å². The van der Waals surface area contributed by atoms with Crippen molar-refractivity contribution in [2.45, 2.75) is 33.4 Å². The molecule has 26 heavy (non-hydrogen) atoms. The quantitative estimate of drug-likeness (QED) is 0.307. The van der Waals surface area contributed by atoms with Crippen molar-refractivity contribution in [2.24, 2.45) is 0 Å². The maximum atomic E-state index is 2.52. The van der Waals surface area contributed by atoms with Crippen molar-refractivity contribution in [3.63, 3.8) is 0 Å². The summed E-state index contributed by atoms with van der Waals surface area (Å²) in [5.74, 6) is 0. The Kier molecular flexibility index (Phi) is 5.97. The van der Waals surface area contributed by atoms with E-state index in [1.54, 1.807) is 21.3 Å². The van der Waals surface area contributed by atoms with Crippen LogP contribution in [0.15, 0.2) is 42.5 Å². The average molecular weight is 476 g/mol. The van der Waals surface area contributed by atoms with E-state index < -0.39 is 8.07 Å². The van der Waals surface area contributed by atoms with Gasteiger partial charge in [0.15, 0.2) is 0 Å². The van der Waals surface area contributed by atoms with Crippen molar-refractivity contribution in [1.82, 2.24) is 0 Å². The molecule has 131 valence electrons. The molecule has 4 heteroatoms. The maximum absolute atomic E-state index is 2.52. The van der Waals surface area contributed by atoms with Gasteiger partial charge in [0.25, 0.3) is 0 Å². The van der Waals surface area contributed by atoms with Gasteiger partial charge in [-0.25, -0.2) is 0 Å². The average Bonchev–Trinajstić information content (AvgIpc) is 2.91. The number of rotatable bonds is 1. The molecule has 3 aromatic carbocycles. The van der Waals surface area contributed by atoms with Crippen LogP contribution in [0, 0.1) is 13.8 Å². The van der Waals surface area contributed by atoms with Gasteiger partial charge in [-0.3, -0.25) is 0 Å². The minimum Gasteiger partial charge on any atom is -1.00 e. The van der Waals surface area contributed by atoms with Crippen LogP contribution in [-0.4, -0.2) is 8.07 Å². The Bertz CT molecular complexity index is 1090. The van der Waals surface area contributed by atoms with Crippen LogP contribution in [0.4, 0.5) is 0 Å². The van der Waals surface area contributed by atoms with Gasteiger partial charge in [-0.05, 0) is 20.3 Å². The van der Waals surface area contributed by atoms with Gasteiger partial charge >= 0.3 is 26.2 Å². The van der Waals surface area contributed by atoms with Gasteiger partial charge in [0.2, 0.25) is 0 Å². The third kappa shape index (κ3) is 2.76. The number of allylic oxidation sites excluding steroid dienone is 4. The van der Waals surface area contributed by atoms with Gasteiger partial charge in [0.1, 0.15) is 8.07 Å². The van der Waals surface area contributed by atoms with Crippen molar-refractivity contribution >= 4 is 45.6 Å². The Morgan fingerprint density at radius 2 is 1.77 bits per heavy atom. The molecule has 0 bridgehead atoms. The Balaban J connectivity index is 0.000000810. The van der Waals surface area contributed by atoms with E-state index in [0.29, 0.717) is 0 Å². The number of aryl methyl sites for hydroxylation is 1. The van der Waals surface area contributed by atoms with Gasteiger partial charge in [0, 0.05) is 0 Å². The Hall–Kier alpha value is -0.530. The molecule has 2 aliphatic rings. The monoisotopic (exact) mass is 473 g/mol. The summed E-state index contributed by atoms with van der Waals surface area (Å²) in [6, 6.07) is 9.40. The normalized spacial score (nSPS) is 15.8. The van der Waals surface area contributed by atoms with Crippen molar-refractivity contribution in [2.75, 3.05) is 0 Å². The van der Waals surface area contributed by atoms with Crippen molar-refractivity contribution in [3.8, 4) is 0 Å². The number of fused-ring (bicyclic) bond motifs is 5. The second-order valence-electron chi connectivity index (χ2n) is 7.72. The molecule has 0 fully saturated rings. The first-order valence-electron chi connectivity index (χ1n) is 8.53. The maximum Gasteiger partial charge on any atom is 3.00 e. The van der Waals surface area contributed by atoms with Crippen LogP contribution in [0.25, 0.3) is 27.1 Å². The number of benzene rings is 2. The predicted octanol–water partition coefficient (Wildman–Crippen LogP) is -1.19. The molecule has 0 amide bonds. The first kappa shape index (κ1) is 21.8. The van der Waals surface area contributed by atoms with E-state index in [1.165, 1.54) is 32.9 Å². The molecule has 3 aromatic rings. The minimum absolute atomic E-state index is 0. The second-order valence-corrected chi connectivity index (χ2v) is 12.0. The first-order valence-corrected chi connectivity index (χ1v) is 11.5. The predicted molar refractivity (Wildman–Crippen MR) is 105 cm³/mol. The fraction of sp³-hybridized carbons (Fsp3) is 0.227. The largest absolute Gasteiger partial charge is 3.00 e. The molecule has 5 rings (SSSR count). The zero-order valence-corrected chi connectivity index (χ0v) is 20.5. The fourth-order valence-electron chi connectivity index (χ4n) is 4.80. The summed E-state index contributed by atoms with van der Waals surface area (Å²) in [6.07, 6.45) is 7.88. The molecule has 0 spiro atoms. The molecule has 0 saturated heterocycles. The van der Waals surface area contributed by atoms with Crippen LogP contribution < -0.4 is 35.2 Å². The van der Waals surface area contributed by atoms with Crippen LogP contribution in [0.1, 0.15) is 23.1 Å². The molecule has 0 N–H and O–H groups in total. The third-order valence-electron chi connectivity index (χ3n) is 5.84. The molecule has 0 unspecified atom stereocenters. The Morgan fingerprint density at radius 3 is 2.42 bits per heavy atom. The van der Waals surface area contributed by atoms with Crippen molar-refractivity contribution in [1.29, 1.82) is 0 Å². The van der Waals surface area contributed by atoms with Gasteiger partial charge in [-0.15, -0.1) is 33.7 Å². The van der Waals surface area contributed by atoms with Crippen LogP contribution in [0.3, 0.4) is 0 Å². The molecule has 1 heterocycles. The smallest absolute Gasteiger partial charge is 1.00 e. The van der Waals surface area contributed by atoms with E-state index >= 15 is 0 Å². The molecule has 1 radical (unpaired) electrons. The zero-order chi connectivity index (χ0) is 15.9. The molecular formula is C22H21Cl2SiZr. The molecule has 0 nitrogen and oxygen atoms in total. The number of halogens is 2. The van der Waals surface area contributed by atoms with Gasteiger partial charge < -0.3 is 24.8 Å². The van der Waals surface area contributed by atoms with Crippen LogP contribution >= 0.6 is 0 Å². The molecule has 1 aliphatic heterocycles. The van der Waals surface area contributed by atoms with E-state index in [1.807, 2.05) is 0 Å². The fourth-order valence-corrected chi connectivity index (χ4v) is 8.76. The molecule has 0 atom stereocenters. The minimum atomic E-state index is -1.33. The summed E-state index contributed by atoms with van der Waals surface area (Å²) in [5, 5.41) is 9.39. The Morgan fingerprint density at radius 1 is 1.04 bits per heavy atom. The summed E-state index contributed by atoms with van der Waals surface area (Å²) in [4.78, 5) is 0. The summed E-state index contributed by atoms with van der Waals surface area (Å²) in [6.45, 7) is 9.58. The van der Waals surface area contributed by atoms with Crippen LogP contribution in [0.2, 0.25) is 13.1 Å². The van der Waals surface area contributed by atoms with Crippen molar-refractivity contribution < 1.29 is 51.0 Å². The van der Waals surface area contributed by atoms with E-state index in [9.17, 15) is 0 Å². The number of hydrogen-bond acceptors (Lipinski definition) is 0. The van der Waals surface area contributed by atoms with Gasteiger partial charge in [0.05, 0.1) is 0 Å². The zero-order valence-electron chi connectivity index (χ0n) is 15.5. The van der Waals surface area contributed by atoms with Crippen LogP contribution in [-0.2, 0) is 26.2 Å². The van der Waals surface area contributed by atoms with Crippen molar-refractivity contribution in [3.05, 3.63) is 59.2 Å². The summed E-state index contributed by atoms with van der Waals surface area (Å²) >= 11 is 0. The van der Waals surface area contributed by atoms with Gasteiger partial charge in [-0.2, -0.15) is 0 Å². The van der Waals surface area contributed by atoms with Gasteiger partial charge in [-0.1, -0.05) is 76.1 Å². The SMILES string of the molecule is Cc1ccc2c(c1)[cH-]c1c(C3=CC=CC3)c(C)c3c(c12)[Si]3(C)C.[Cl-].[Cl-].[Zr+3]. The summed E-state index contributed by atoms with van der Waals surface area (Å²) < 4.78 is 0. The molecule has 1 aliphatic carbocycles. The van der Waals surface area contributed by atoms with E-state index in [4.69, 9.17) is 0 Å². The topological polar surface area (TPSA) is 0 Å². The molecule has 0 aromatic heterocycles. The van der Waals surface area contributed by atoms with Crippen LogP contribution in [0.5, 0.6) is 0 Å². The standard InChI is InChI=1S/C22H21Si.2ClH.Zr/c1-13-9-10-17-16(11-13)12-18-19(15-7-5-6-8-15)14(2)21-22(20(17)18)23(21,3)4;;;/h5-7,9-12H,8H2,1-4H3;2*1H;/q-1;;;+3/p-2. The summed E-state index contributed by atoms with van der Waals surface area (Å²) in [7, 11) is -1.33. The molecule has 0 saturated carbocycles. The second kappa shape index (κ2) is 7.13. The third-order valence-corrected chi connectivity index (χ3v) is 9.22. The first-order chi connectivity index (χ1) is 11.0. The number of hydrogen-bond donors (Lipinski definition) is 0. The van der Waals surface area contributed by atoms with E-state index in [-0.39, 0.29) is 51.0 Å².